The number of benzene rings is 2. The standard InChI is InChI=1S/C23H29N5O2/c1-4-26-10-12-27(13-11-26)16-18-6-5-7-20(14-18)28-17-24-21-9-8-19(15-22(21)28)23(29)25(2)30-3/h5-9,14-15,17H,4,10-13,16H2,1-3H3. The van der Waals surface area contributed by atoms with Crippen molar-refractivity contribution in [3.63, 3.8) is 0 Å². The lowest BCUT2D eigenvalue weighted by molar-refractivity contribution is -0.0756. The Morgan fingerprint density at radius 3 is 2.60 bits per heavy atom. The molecule has 0 atom stereocenters. The van der Waals surface area contributed by atoms with E-state index in [-0.39, 0.29) is 5.91 Å². The van der Waals surface area contributed by atoms with Crippen LogP contribution in [0.4, 0.5) is 0 Å². The number of piperazine rings is 1. The molecule has 1 aliphatic rings. The van der Waals surface area contributed by atoms with Gasteiger partial charge in [0, 0.05) is 51.0 Å². The van der Waals surface area contributed by atoms with E-state index in [1.165, 1.54) is 17.7 Å². The molecule has 0 radical (unpaired) electrons. The minimum Gasteiger partial charge on any atom is -0.301 e. The van der Waals surface area contributed by atoms with Gasteiger partial charge in [-0.1, -0.05) is 19.1 Å². The van der Waals surface area contributed by atoms with Crippen molar-refractivity contribution in [1.29, 1.82) is 0 Å². The van der Waals surface area contributed by atoms with Gasteiger partial charge in [-0.25, -0.2) is 10.0 Å². The van der Waals surface area contributed by atoms with E-state index in [1.807, 2.05) is 23.0 Å². The first-order valence-corrected chi connectivity index (χ1v) is 10.4. The van der Waals surface area contributed by atoms with Crippen molar-refractivity contribution in [2.24, 2.45) is 0 Å². The van der Waals surface area contributed by atoms with E-state index < -0.39 is 0 Å². The molecule has 0 bridgehead atoms. The summed E-state index contributed by atoms with van der Waals surface area (Å²) in [6, 6.07) is 14.1. The quantitative estimate of drug-likeness (QED) is 0.588. The van der Waals surface area contributed by atoms with Crippen molar-refractivity contribution >= 4 is 16.9 Å². The Morgan fingerprint density at radius 2 is 1.87 bits per heavy atom. The highest BCUT2D eigenvalue weighted by Gasteiger charge is 2.17. The van der Waals surface area contributed by atoms with Gasteiger partial charge in [0.1, 0.15) is 6.33 Å². The van der Waals surface area contributed by atoms with Crippen molar-refractivity contribution in [2.75, 3.05) is 46.9 Å². The van der Waals surface area contributed by atoms with Crippen LogP contribution < -0.4 is 0 Å². The Balaban J connectivity index is 1.58. The number of rotatable bonds is 6. The molecule has 1 aliphatic heterocycles. The van der Waals surface area contributed by atoms with Crippen LogP contribution in [0.3, 0.4) is 0 Å². The lowest BCUT2D eigenvalue weighted by Gasteiger charge is -2.34. The number of imidazole rings is 1. The van der Waals surface area contributed by atoms with Crippen molar-refractivity contribution in [2.45, 2.75) is 13.5 Å². The van der Waals surface area contributed by atoms with Gasteiger partial charge in [0.25, 0.3) is 5.91 Å². The van der Waals surface area contributed by atoms with E-state index in [1.54, 1.807) is 13.1 Å². The SMILES string of the molecule is CCN1CCN(Cc2cccc(-n3cnc4ccc(C(=O)N(C)OC)cc43)c2)CC1. The van der Waals surface area contributed by atoms with Crippen LogP contribution in [0.1, 0.15) is 22.8 Å². The number of nitrogens with zero attached hydrogens (tertiary/aromatic N) is 5. The van der Waals surface area contributed by atoms with Gasteiger partial charge >= 0.3 is 0 Å². The average molecular weight is 408 g/mol. The summed E-state index contributed by atoms with van der Waals surface area (Å²) in [4.78, 5) is 27.0. The summed E-state index contributed by atoms with van der Waals surface area (Å²) in [5.74, 6) is -0.188. The average Bonchev–Trinajstić information content (AvgIpc) is 3.22. The van der Waals surface area contributed by atoms with E-state index in [9.17, 15) is 4.79 Å². The third-order valence-corrected chi connectivity index (χ3v) is 5.86. The highest BCUT2D eigenvalue weighted by atomic mass is 16.7. The number of hydrogen-bond donors (Lipinski definition) is 0. The molecule has 1 amide bonds. The molecule has 30 heavy (non-hydrogen) atoms. The van der Waals surface area contributed by atoms with Crippen molar-refractivity contribution in [3.05, 3.63) is 59.9 Å². The number of hydrogen-bond acceptors (Lipinski definition) is 5. The fourth-order valence-electron chi connectivity index (χ4n) is 3.94. The van der Waals surface area contributed by atoms with Crippen LogP contribution >= 0.6 is 0 Å². The van der Waals surface area contributed by atoms with Crippen LogP contribution in [0.2, 0.25) is 0 Å². The predicted molar refractivity (Wildman–Crippen MR) is 118 cm³/mol. The molecule has 7 nitrogen and oxygen atoms in total. The summed E-state index contributed by atoms with van der Waals surface area (Å²) in [7, 11) is 3.09. The Kier molecular flexibility index (Phi) is 6.13. The molecule has 2 heterocycles. The first-order chi connectivity index (χ1) is 14.6. The van der Waals surface area contributed by atoms with E-state index in [0.29, 0.717) is 5.56 Å². The van der Waals surface area contributed by atoms with Gasteiger partial charge in [-0.05, 0) is 42.4 Å². The molecular formula is C23H29N5O2. The van der Waals surface area contributed by atoms with Crippen LogP contribution in [0.5, 0.6) is 0 Å². The zero-order valence-electron chi connectivity index (χ0n) is 17.9. The largest absolute Gasteiger partial charge is 0.301 e. The summed E-state index contributed by atoms with van der Waals surface area (Å²) in [6.07, 6.45) is 1.82. The second kappa shape index (κ2) is 8.95. The maximum Gasteiger partial charge on any atom is 0.277 e. The Bertz CT molecular complexity index is 1020. The molecule has 0 N–H and O–H groups in total. The number of likely N-dealkylation sites (N-methyl/N-ethyl adjacent to an activating group) is 1. The first kappa shape index (κ1) is 20.5. The number of carbonyl (C=O) groups is 1. The molecule has 0 saturated carbocycles. The second-order valence-corrected chi connectivity index (χ2v) is 7.68. The van der Waals surface area contributed by atoms with E-state index >= 15 is 0 Å². The third-order valence-electron chi connectivity index (χ3n) is 5.86. The summed E-state index contributed by atoms with van der Waals surface area (Å²) < 4.78 is 2.04. The third kappa shape index (κ3) is 4.23. The van der Waals surface area contributed by atoms with Gasteiger partial charge in [-0.15, -0.1) is 0 Å². The molecule has 0 unspecified atom stereocenters. The fourth-order valence-corrected chi connectivity index (χ4v) is 3.94. The normalized spacial score (nSPS) is 15.6. The Morgan fingerprint density at radius 1 is 1.10 bits per heavy atom. The molecule has 0 spiro atoms. The monoisotopic (exact) mass is 407 g/mol. The van der Waals surface area contributed by atoms with Gasteiger partial charge in [-0.2, -0.15) is 0 Å². The van der Waals surface area contributed by atoms with Crippen molar-refractivity contribution in [3.8, 4) is 5.69 Å². The molecule has 4 rings (SSSR count). The molecular weight excluding hydrogens is 378 g/mol. The lowest BCUT2D eigenvalue weighted by Crippen LogP contribution is -2.45. The highest BCUT2D eigenvalue weighted by molar-refractivity contribution is 5.97. The first-order valence-electron chi connectivity index (χ1n) is 10.4. The Hall–Kier alpha value is -2.74. The zero-order valence-corrected chi connectivity index (χ0v) is 17.9. The molecule has 7 heteroatoms. The minimum absolute atomic E-state index is 0.188. The van der Waals surface area contributed by atoms with Crippen molar-refractivity contribution < 1.29 is 9.63 Å². The summed E-state index contributed by atoms with van der Waals surface area (Å²) >= 11 is 0. The predicted octanol–water partition coefficient (Wildman–Crippen LogP) is 2.80. The molecule has 2 aromatic carbocycles. The number of carbonyl (C=O) groups excluding carboxylic acids is 1. The smallest absolute Gasteiger partial charge is 0.277 e. The van der Waals surface area contributed by atoms with Gasteiger partial charge in [0.15, 0.2) is 0 Å². The minimum atomic E-state index is -0.188. The second-order valence-electron chi connectivity index (χ2n) is 7.68. The van der Waals surface area contributed by atoms with Gasteiger partial charge < -0.3 is 4.90 Å². The highest BCUT2D eigenvalue weighted by Crippen LogP contribution is 2.22. The zero-order chi connectivity index (χ0) is 21.1. The van der Waals surface area contributed by atoms with Crippen LogP contribution in [-0.4, -0.2) is 77.2 Å². The summed E-state index contributed by atoms with van der Waals surface area (Å²) in [6.45, 7) is 8.77. The number of hydroxylamine groups is 2. The van der Waals surface area contributed by atoms with Crippen LogP contribution in [0.15, 0.2) is 48.8 Å². The van der Waals surface area contributed by atoms with Crippen LogP contribution in [-0.2, 0) is 11.4 Å². The fraction of sp³-hybridized carbons (Fsp3) is 0.391. The van der Waals surface area contributed by atoms with Crippen LogP contribution in [0.25, 0.3) is 16.7 Å². The molecule has 1 fully saturated rings. The molecule has 158 valence electrons. The summed E-state index contributed by atoms with van der Waals surface area (Å²) in [5, 5.41) is 1.22. The number of fused-ring (bicyclic) bond motifs is 1. The molecule has 1 aromatic heterocycles. The summed E-state index contributed by atoms with van der Waals surface area (Å²) in [5.41, 5.74) is 4.66. The maximum atomic E-state index is 12.5. The van der Waals surface area contributed by atoms with E-state index in [0.717, 1.165) is 56.0 Å². The lowest BCUT2D eigenvalue weighted by atomic mass is 10.1. The van der Waals surface area contributed by atoms with Gasteiger partial charge in [0.05, 0.1) is 18.1 Å². The van der Waals surface area contributed by atoms with Crippen LogP contribution in [0, 0.1) is 0 Å². The molecule has 1 saturated heterocycles. The Labute approximate surface area is 177 Å². The number of aromatic nitrogens is 2. The van der Waals surface area contributed by atoms with Crippen molar-refractivity contribution in [1.82, 2.24) is 24.4 Å². The van der Waals surface area contributed by atoms with E-state index in [4.69, 9.17) is 4.84 Å². The van der Waals surface area contributed by atoms with Gasteiger partial charge in [-0.3, -0.25) is 19.1 Å². The molecule has 3 aromatic rings. The van der Waals surface area contributed by atoms with Gasteiger partial charge in [0.2, 0.25) is 0 Å². The molecule has 0 aliphatic carbocycles. The maximum absolute atomic E-state index is 12.5. The number of amides is 1. The van der Waals surface area contributed by atoms with E-state index in [2.05, 4.69) is 46.0 Å². The topological polar surface area (TPSA) is 53.8 Å².